The molecule has 2 heterocycles. The molecule has 1 amide bonds. The second kappa shape index (κ2) is 10.2. The number of esters is 2. The molecule has 2 N–H and O–H groups in total. The number of carbonyl (C=O) groups excluding carboxylic acids is 3. The van der Waals surface area contributed by atoms with Crippen LogP contribution in [0.2, 0.25) is 0 Å². The highest BCUT2D eigenvalue weighted by Crippen LogP contribution is 2.33. The summed E-state index contributed by atoms with van der Waals surface area (Å²) >= 11 is 0.938. The molecule has 2 aromatic heterocycles. The van der Waals surface area contributed by atoms with Crippen molar-refractivity contribution in [3.63, 3.8) is 0 Å². The number of aromatic amines is 1. The van der Waals surface area contributed by atoms with Crippen LogP contribution in [0.15, 0.2) is 48.5 Å². The fraction of sp³-hybridized carbons (Fsp3) is 0.160. The van der Waals surface area contributed by atoms with Gasteiger partial charge in [-0.05, 0) is 37.6 Å². The lowest BCUT2D eigenvalue weighted by atomic mass is 10.1. The van der Waals surface area contributed by atoms with Crippen molar-refractivity contribution in [1.29, 1.82) is 5.26 Å². The van der Waals surface area contributed by atoms with Gasteiger partial charge in [-0.2, -0.15) is 5.26 Å². The number of hydrogen-bond donors (Lipinski definition) is 2. The molecule has 0 aliphatic heterocycles. The van der Waals surface area contributed by atoms with E-state index in [1.54, 1.807) is 38.1 Å². The fourth-order valence-electron chi connectivity index (χ4n) is 3.45. The zero-order valence-corrected chi connectivity index (χ0v) is 19.7. The van der Waals surface area contributed by atoms with Gasteiger partial charge in [0.2, 0.25) is 0 Å². The van der Waals surface area contributed by atoms with Crippen LogP contribution in [0, 0.1) is 18.3 Å². The number of imidazole rings is 1. The minimum Gasteiger partial charge on any atom is -0.462 e. The molecule has 176 valence electrons. The quantitative estimate of drug-likeness (QED) is 0.367. The molecular formula is C25H20N4O5S. The van der Waals surface area contributed by atoms with Crippen LogP contribution in [0.1, 0.15) is 38.1 Å². The lowest BCUT2D eigenvalue weighted by Gasteiger charge is -2.08. The Labute approximate surface area is 204 Å². The third-order valence-corrected chi connectivity index (χ3v) is 6.29. The molecule has 4 aromatic rings. The van der Waals surface area contributed by atoms with Gasteiger partial charge in [-0.15, -0.1) is 11.3 Å². The number of H-pyrrole nitrogens is 1. The van der Waals surface area contributed by atoms with Gasteiger partial charge in [0.05, 0.1) is 28.8 Å². The van der Waals surface area contributed by atoms with Gasteiger partial charge in [0.15, 0.2) is 6.61 Å². The zero-order valence-electron chi connectivity index (χ0n) is 18.9. The highest BCUT2D eigenvalue weighted by Gasteiger charge is 2.23. The molecule has 0 bridgehead atoms. The molecule has 0 spiro atoms. The van der Waals surface area contributed by atoms with Crippen molar-refractivity contribution in [3.05, 3.63) is 70.1 Å². The lowest BCUT2D eigenvalue weighted by Crippen LogP contribution is -2.21. The number of fused-ring (bicyclic) bond motifs is 1. The van der Waals surface area contributed by atoms with Gasteiger partial charge in [0, 0.05) is 5.56 Å². The maximum Gasteiger partial charge on any atom is 0.348 e. The van der Waals surface area contributed by atoms with E-state index in [1.807, 2.05) is 30.3 Å². The summed E-state index contributed by atoms with van der Waals surface area (Å²) in [6.45, 7) is 2.89. The first-order valence-corrected chi connectivity index (χ1v) is 11.5. The molecule has 2 aromatic carbocycles. The standard InChI is InChI=1S/C25H20N4O5S/c1-3-33-25(32)21-14(2)17(12-26)23(35-21)29-20(30)13-34-24(31)16-9-5-4-8-15(16)22-27-18-10-6-7-11-19(18)28-22/h4-11H,3,13H2,1-2H3,(H,27,28)(H,29,30). The van der Waals surface area contributed by atoms with Crippen molar-refractivity contribution in [3.8, 4) is 17.5 Å². The predicted molar refractivity (Wildman–Crippen MR) is 130 cm³/mol. The van der Waals surface area contributed by atoms with E-state index in [2.05, 4.69) is 15.3 Å². The van der Waals surface area contributed by atoms with Gasteiger partial charge in [-0.25, -0.2) is 14.6 Å². The summed E-state index contributed by atoms with van der Waals surface area (Å²) < 4.78 is 10.2. The van der Waals surface area contributed by atoms with Crippen molar-refractivity contribution >= 4 is 45.2 Å². The number of nitrogens with one attached hydrogen (secondary N) is 2. The third kappa shape index (κ3) is 4.90. The smallest absolute Gasteiger partial charge is 0.348 e. The Hall–Kier alpha value is -4.49. The third-order valence-electron chi connectivity index (χ3n) is 5.10. The SMILES string of the molecule is CCOC(=O)c1sc(NC(=O)COC(=O)c2ccccc2-c2nc3ccccc3[nH]2)c(C#N)c1C. The van der Waals surface area contributed by atoms with Gasteiger partial charge >= 0.3 is 11.9 Å². The Morgan fingerprint density at radius 3 is 2.57 bits per heavy atom. The van der Waals surface area contributed by atoms with Gasteiger partial charge in [-0.3, -0.25) is 4.79 Å². The van der Waals surface area contributed by atoms with Crippen molar-refractivity contribution in [1.82, 2.24) is 9.97 Å². The van der Waals surface area contributed by atoms with Gasteiger partial charge in [-0.1, -0.05) is 30.3 Å². The summed E-state index contributed by atoms with van der Waals surface area (Å²) in [4.78, 5) is 45.3. The van der Waals surface area contributed by atoms with E-state index in [1.165, 1.54) is 0 Å². The summed E-state index contributed by atoms with van der Waals surface area (Å²) in [6, 6.07) is 16.3. The monoisotopic (exact) mass is 488 g/mol. The Balaban J connectivity index is 1.47. The fourth-order valence-corrected chi connectivity index (χ4v) is 4.51. The number of thiophene rings is 1. The van der Waals surface area contributed by atoms with Crippen molar-refractivity contribution in [2.24, 2.45) is 0 Å². The van der Waals surface area contributed by atoms with Crippen LogP contribution in [-0.4, -0.2) is 41.0 Å². The minimum atomic E-state index is -0.703. The normalized spacial score (nSPS) is 10.5. The van der Waals surface area contributed by atoms with E-state index in [0.717, 1.165) is 22.4 Å². The highest BCUT2D eigenvalue weighted by atomic mass is 32.1. The number of carbonyl (C=O) groups is 3. The first kappa shape index (κ1) is 23.7. The Morgan fingerprint density at radius 2 is 1.83 bits per heavy atom. The molecule has 0 fully saturated rings. The molecule has 0 saturated carbocycles. The lowest BCUT2D eigenvalue weighted by molar-refractivity contribution is -0.119. The minimum absolute atomic E-state index is 0.160. The molecule has 10 heteroatoms. The van der Waals surface area contributed by atoms with E-state index >= 15 is 0 Å². The van der Waals surface area contributed by atoms with E-state index in [0.29, 0.717) is 17.0 Å². The van der Waals surface area contributed by atoms with Crippen LogP contribution >= 0.6 is 11.3 Å². The number of nitriles is 1. The van der Waals surface area contributed by atoms with Crippen LogP contribution in [0.3, 0.4) is 0 Å². The molecule has 9 nitrogen and oxygen atoms in total. The van der Waals surface area contributed by atoms with Crippen molar-refractivity contribution < 1.29 is 23.9 Å². The molecule has 0 radical (unpaired) electrons. The van der Waals surface area contributed by atoms with E-state index in [-0.39, 0.29) is 27.6 Å². The van der Waals surface area contributed by atoms with E-state index in [9.17, 15) is 19.6 Å². The summed E-state index contributed by atoms with van der Waals surface area (Å²) in [5.41, 5.74) is 2.94. The molecule has 0 saturated heterocycles. The molecule has 0 aliphatic carbocycles. The molecule has 4 rings (SSSR count). The van der Waals surface area contributed by atoms with Crippen LogP contribution in [-0.2, 0) is 14.3 Å². The average molecular weight is 489 g/mol. The van der Waals surface area contributed by atoms with E-state index < -0.39 is 24.5 Å². The topological polar surface area (TPSA) is 134 Å². The number of anilines is 1. The van der Waals surface area contributed by atoms with Crippen molar-refractivity contribution in [2.75, 3.05) is 18.5 Å². The Morgan fingerprint density at radius 1 is 1.09 bits per heavy atom. The Bertz CT molecular complexity index is 1450. The largest absolute Gasteiger partial charge is 0.462 e. The van der Waals surface area contributed by atoms with Gasteiger partial charge in [0.25, 0.3) is 5.91 Å². The maximum absolute atomic E-state index is 12.8. The second-order valence-electron chi connectivity index (χ2n) is 7.37. The predicted octanol–water partition coefficient (Wildman–Crippen LogP) is 4.44. The van der Waals surface area contributed by atoms with Crippen LogP contribution < -0.4 is 5.32 Å². The number of nitrogens with zero attached hydrogens (tertiary/aromatic N) is 2. The zero-order chi connectivity index (χ0) is 24.9. The summed E-state index contributed by atoms with van der Waals surface area (Å²) in [6.07, 6.45) is 0. The van der Waals surface area contributed by atoms with Crippen molar-refractivity contribution in [2.45, 2.75) is 13.8 Å². The van der Waals surface area contributed by atoms with Crippen LogP contribution in [0.5, 0.6) is 0 Å². The number of ether oxygens (including phenoxy) is 2. The number of hydrogen-bond acceptors (Lipinski definition) is 8. The van der Waals surface area contributed by atoms with Crippen LogP contribution in [0.4, 0.5) is 5.00 Å². The van der Waals surface area contributed by atoms with E-state index in [4.69, 9.17) is 9.47 Å². The average Bonchev–Trinajstić information content (AvgIpc) is 3.43. The molecule has 0 unspecified atom stereocenters. The van der Waals surface area contributed by atoms with Gasteiger partial charge < -0.3 is 19.8 Å². The summed E-state index contributed by atoms with van der Waals surface area (Å²) in [5.74, 6) is -1.41. The second-order valence-corrected chi connectivity index (χ2v) is 8.39. The number of benzene rings is 2. The molecule has 35 heavy (non-hydrogen) atoms. The summed E-state index contributed by atoms with van der Waals surface area (Å²) in [7, 11) is 0. The maximum atomic E-state index is 12.8. The first-order chi connectivity index (χ1) is 16.9. The number of para-hydroxylation sites is 2. The van der Waals surface area contributed by atoms with Gasteiger partial charge in [0.1, 0.15) is 21.8 Å². The Kier molecular flexibility index (Phi) is 6.89. The molecular weight excluding hydrogens is 468 g/mol. The number of amides is 1. The van der Waals surface area contributed by atoms with Crippen LogP contribution in [0.25, 0.3) is 22.4 Å². The molecule has 0 aliphatic rings. The number of aromatic nitrogens is 2. The highest BCUT2D eigenvalue weighted by molar-refractivity contribution is 7.18. The molecule has 0 atom stereocenters. The first-order valence-electron chi connectivity index (χ1n) is 10.6. The summed E-state index contributed by atoms with van der Waals surface area (Å²) in [5, 5.41) is 12.2. The number of rotatable bonds is 7.